The predicted octanol–water partition coefficient (Wildman–Crippen LogP) is 12.4. The van der Waals surface area contributed by atoms with Crippen LogP contribution >= 0.6 is 0 Å². The molecule has 4 aromatic carbocycles. The highest BCUT2D eigenvalue weighted by atomic mass is 32.2. The van der Waals surface area contributed by atoms with Gasteiger partial charge in [-0.05, 0) is 128 Å². The summed E-state index contributed by atoms with van der Waals surface area (Å²) in [4.78, 5) is 5.23. The number of hydrogen-bond acceptors (Lipinski definition) is 5. The topological polar surface area (TPSA) is 119 Å². The van der Waals surface area contributed by atoms with Crippen molar-refractivity contribution >= 4 is 38.0 Å². The Labute approximate surface area is 355 Å². The lowest BCUT2D eigenvalue weighted by Gasteiger charge is -2.27. The molecule has 1 N–H and O–H groups in total. The van der Waals surface area contributed by atoms with E-state index in [0.29, 0.717) is 25.9 Å². The summed E-state index contributed by atoms with van der Waals surface area (Å²) in [6, 6.07) is 31.7. The van der Waals surface area contributed by atoms with Crippen molar-refractivity contribution in [3.8, 4) is 5.75 Å². The van der Waals surface area contributed by atoms with E-state index in [9.17, 15) is 13.0 Å². The van der Waals surface area contributed by atoms with Gasteiger partial charge in [0.05, 0.1) is 11.2 Å². The van der Waals surface area contributed by atoms with Crippen LogP contribution in [-0.2, 0) is 20.9 Å². The van der Waals surface area contributed by atoms with Crippen LogP contribution < -0.4 is 9.64 Å². The summed E-state index contributed by atoms with van der Waals surface area (Å²) in [5.74, 6) is 1.44. The van der Waals surface area contributed by atoms with Crippen molar-refractivity contribution < 1.29 is 22.3 Å². The van der Waals surface area contributed by atoms with Crippen LogP contribution in [0.25, 0.3) is 21.2 Å². The van der Waals surface area contributed by atoms with Crippen LogP contribution in [-0.4, -0.2) is 48.6 Å². The molecule has 0 unspecified atom stereocenters. The molecule has 0 saturated heterocycles. The average Bonchev–Trinajstić information content (AvgIpc) is 3.59. The van der Waals surface area contributed by atoms with E-state index in [1.165, 1.54) is 33.3 Å². The van der Waals surface area contributed by atoms with Crippen LogP contribution in [0.4, 0.5) is 11.4 Å². The molecule has 0 fully saturated rings. The quantitative estimate of drug-likeness (QED) is 0.0284. The number of anilines is 1. The second-order valence-corrected chi connectivity index (χ2v) is 18.8. The lowest BCUT2D eigenvalue weighted by molar-refractivity contribution is -0.438. The Morgan fingerprint density at radius 2 is 1.58 bits per heavy atom. The Kier molecular flexibility index (Phi) is 13.1. The van der Waals surface area contributed by atoms with Crippen LogP contribution in [0.15, 0.2) is 143 Å². The summed E-state index contributed by atoms with van der Waals surface area (Å²) >= 11 is 0. The number of ether oxygens (including phenoxy) is 1. The second-order valence-electron chi connectivity index (χ2n) is 17.2. The minimum atomic E-state index is -4.01. The number of allylic oxidation sites excluding steroid dienone is 7. The summed E-state index contributed by atoms with van der Waals surface area (Å²) < 4.78 is 41.8. The van der Waals surface area contributed by atoms with Crippen molar-refractivity contribution in [1.82, 2.24) is 0 Å². The summed E-state index contributed by atoms with van der Waals surface area (Å²) in [5.41, 5.74) is 17.9. The van der Waals surface area contributed by atoms with E-state index < -0.39 is 10.1 Å². The Balaban J connectivity index is 1.27. The standard InChI is InChI=1S/C50H57N5O4S/c1-49(2)42-25-12-13-26-43(42)54(35-16-17-36-60(56,57)58)45(49)31-28-38-20-18-21-39(48(38)59-40-22-8-7-9-23-40)29-32-46-50(3,4)47-41-24-11-10-19-37(41)27-30-44(47)55(46)34-15-6-5-14-33-52-53-51/h7-13,19,22-32H,5-6,14-18,20-21,33-36H2,1-4H3/p+1. The van der Waals surface area contributed by atoms with Crippen LogP contribution in [0, 0.1) is 0 Å². The molecule has 7 rings (SSSR count). The Bertz CT molecular complexity index is 2540. The summed E-state index contributed by atoms with van der Waals surface area (Å²) in [6.45, 7) is 11.3. The van der Waals surface area contributed by atoms with E-state index in [4.69, 9.17) is 10.3 Å². The van der Waals surface area contributed by atoms with E-state index in [1.807, 2.05) is 30.3 Å². The molecule has 0 aromatic heterocycles. The van der Waals surface area contributed by atoms with Gasteiger partial charge in [-0.1, -0.05) is 92.1 Å². The fourth-order valence-corrected chi connectivity index (χ4v) is 9.95. The van der Waals surface area contributed by atoms with Gasteiger partial charge in [0.25, 0.3) is 10.1 Å². The van der Waals surface area contributed by atoms with E-state index in [0.717, 1.165) is 85.5 Å². The maximum absolute atomic E-state index is 11.5. The van der Waals surface area contributed by atoms with E-state index in [2.05, 4.69) is 132 Å². The lowest BCUT2D eigenvalue weighted by Crippen LogP contribution is -2.28. The molecule has 0 bridgehead atoms. The Morgan fingerprint density at radius 3 is 2.38 bits per heavy atom. The lowest BCUT2D eigenvalue weighted by atomic mass is 9.78. The zero-order valence-corrected chi connectivity index (χ0v) is 36.3. The number of para-hydroxylation sites is 2. The zero-order valence-electron chi connectivity index (χ0n) is 35.5. The number of azide groups is 1. The van der Waals surface area contributed by atoms with Gasteiger partial charge in [-0.2, -0.15) is 13.0 Å². The fourth-order valence-electron chi connectivity index (χ4n) is 9.38. The fraction of sp³-hybridized carbons (Fsp3) is 0.380. The molecule has 0 atom stereocenters. The number of rotatable bonds is 17. The van der Waals surface area contributed by atoms with Gasteiger partial charge in [0, 0.05) is 58.9 Å². The number of benzene rings is 4. The van der Waals surface area contributed by atoms with Gasteiger partial charge in [-0.25, -0.2) is 0 Å². The zero-order chi connectivity index (χ0) is 42.3. The van der Waals surface area contributed by atoms with Gasteiger partial charge in [-0.15, -0.1) is 0 Å². The molecular formula is C50H58N5O4S+. The molecule has 0 saturated carbocycles. The maximum atomic E-state index is 11.5. The summed E-state index contributed by atoms with van der Waals surface area (Å²) in [7, 11) is -4.01. The maximum Gasteiger partial charge on any atom is 0.264 e. The van der Waals surface area contributed by atoms with Crippen molar-refractivity contribution in [3.63, 3.8) is 0 Å². The SMILES string of the molecule is CC1(C)C(/C=C/C2=C(Oc3ccccc3)C(=C/C=C3/N(CCCCS(=O)(=O)O)c4ccccc4C3(C)C)/CCC2)=[N+](CCCCCCN=[N+]=[N-])c2ccc3ccccc3c21. The first kappa shape index (κ1) is 42.7. The van der Waals surface area contributed by atoms with E-state index >= 15 is 0 Å². The van der Waals surface area contributed by atoms with Crippen molar-refractivity contribution in [1.29, 1.82) is 0 Å². The smallest absolute Gasteiger partial charge is 0.264 e. The minimum absolute atomic E-state index is 0.243. The first-order valence-corrected chi connectivity index (χ1v) is 23.1. The largest absolute Gasteiger partial charge is 0.457 e. The van der Waals surface area contributed by atoms with Crippen molar-refractivity contribution in [3.05, 3.63) is 159 Å². The Morgan fingerprint density at radius 1 is 0.833 bits per heavy atom. The first-order valence-electron chi connectivity index (χ1n) is 21.5. The second kappa shape index (κ2) is 18.5. The van der Waals surface area contributed by atoms with Gasteiger partial charge in [0.15, 0.2) is 5.71 Å². The summed E-state index contributed by atoms with van der Waals surface area (Å²) in [6.07, 6.45) is 16.9. The van der Waals surface area contributed by atoms with Crippen molar-refractivity contribution in [2.45, 2.75) is 96.3 Å². The molecule has 10 heteroatoms. The van der Waals surface area contributed by atoms with Crippen LogP contribution in [0.5, 0.6) is 5.75 Å². The molecular weight excluding hydrogens is 767 g/mol. The van der Waals surface area contributed by atoms with Gasteiger partial charge in [0.1, 0.15) is 18.1 Å². The monoisotopic (exact) mass is 824 g/mol. The number of unbranched alkanes of at least 4 members (excludes halogenated alkanes) is 4. The molecule has 0 radical (unpaired) electrons. The molecule has 2 heterocycles. The van der Waals surface area contributed by atoms with Crippen LogP contribution in [0.2, 0.25) is 0 Å². The predicted molar refractivity (Wildman–Crippen MR) is 245 cm³/mol. The summed E-state index contributed by atoms with van der Waals surface area (Å²) in [5, 5.41) is 6.26. The molecule has 0 spiro atoms. The van der Waals surface area contributed by atoms with Crippen LogP contribution in [0.3, 0.4) is 0 Å². The number of nitrogens with zero attached hydrogens (tertiary/aromatic N) is 5. The third-order valence-corrected chi connectivity index (χ3v) is 13.2. The first-order chi connectivity index (χ1) is 28.9. The van der Waals surface area contributed by atoms with E-state index in [-0.39, 0.29) is 16.6 Å². The normalized spacial score (nSPS) is 18.4. The average molecular weight is 825 g/mol. The molecule has 3 aliphatic rings. The minimum Gasteiger partial charge on any atom is -0.457 e. The highest BCUT2D eigenvalue weighted by Crippen LogP contribution is 2.48. The molecule has 312 valence electrons. The van der Waals surface area contributed by atoms with Crippen molar-refractivity contribution in [2.75, 3.05) is 30.3 Å². The van der Waals surface area contributed by atoms with Gasteiger partial charge >= 0.3 is 0 Å². The highest BCUT2D eigenvalue weighted by molar-refractivity contribution is 7.85. The highest BCUT2D eigenvalue weighted by Gasteiger charge is 2.45. The molecule has 4 aromatic rings. The molecule has 9 nitrogen and oxygen atoms in total. The van der Waals surface area contributed by atoms with Gasteiger partial charge in [0.2, 0.25) is 5.69 Å². The molecule has 60 heavy (non-hydrogen) atoms. The Hall–Kier alpha value is -5.41. The van der Waals surface area contributed by atoms with Crippen molar-refractivity contribution in [2.24, 2.45) is 5.11 Å². The van der Waals surface area contributed by atoms with Gasteiger partial charge < -0.3 is 9.64 Å². The third-order valence-electron chi connectivity index (χ3n) is 12.4. The van der Waals surface area contributed by atoms with Crippen LogP contribution in [0.1, 0.15) is 96.6 Å². The molecule has 2 aliphatic heterocycles. The number of hydrogen-bond donors (Lipinski definition) is 1. The van der Waals surface area contributed by atoms with Gasteiger partial charge in [-0.3, -0.25) is 4.55 Å². The molecule has 1 aliphatic carbocycles. The molecule has 0 amide bonds. The third kappa shape index (κ3) is 9.31. The van der Waals surface area contributed by atoms with E-state index in [1.54, 1.807) is 0 Å². The number of fused-ring (bicyclic) bond motifs is 4.